The number of aliphatic hydroxyl groups excluding tert-OH is 1. The molecule has 0 aliphatic carbocycles. The summed E-state index contributed by atoms with van der Waals surface area (Å²) in [4.78, 5) is 13.5. The molecule has 0 spiro atoms. The van der Waals surface area contributed by atoms with Gasteiger partial charge in [0.2, 0.25) is 0 Å². The van der Waals surface area contributed by atoms with Crippen LogP contribution < -0.4 is 11.5 Å². The molecule has 0 saturated carbocycles. The minimum atomic E-state index is -0.0250. The molecule has 7 heteroatoms. The first-order chi connectivity index (χ1) is 14.1. The van der Waals surface area contributed by atoms with Crippen LogP contribution in [0.1, 0.15) is 25.1 Å². The number of pyridine rings is 2. The molecule has 0 bridgehead atoms. The Hall–Kier alpha value is -3.71. The van der Waals surface area contributed by atoms with Gasteiger partial charge in [-0.3, -0.25) is 4.57 Å². The number of benzene rings is 1. The van der Waals surface area contributed by atoms with Gasteiger partial charge >= 0.3 is 0 Å². The number of nitrogens with zero attached hydrogens (tertiary/aromatic N) is 4. The summed E-state index contributed by atoms with van der Waals surface area (Å²) in [6.07, 6.45) is 1.64. The number of nitrogen functional groups attached to an aromatic ring is 1. The normalized spacial score (nSPS) is 10.4. The lowest BCUT2D eigenvalue weighted by Gasteiger charge is -2.11. The van der Waals surface area contributed by atoms with Crippen LogP contribution in [-0.2, 0) is 6.61 Å². The van der Waals surface area contributed by atoms with E-state index in [0.29, 0.717) is 39.8 Å². The van der Waals surface area contributed by atoms with E-state index in [-0.39, 0.29) is 6.61 Å². The van der Waals surface area contributed by atoms with Crippen molar-refractivity contribution in [3.8, 4) is 17.1 Å². The Labute approximate surface area is 169 Å². The van der Waals surface area contributed by atoms with Crippen molar-refractivity contribution in [3.63, 3.8) is 0 Å². The van der Waals surface area contributed by atoms with Crippen LogP contribution in [0.2, 0.25) is 0 Å². The van der Waals surface area contributed by atoms with Crippen molar-refractivity contribution in [1.82, 2.24) is 19.5 Å². The van der Waals surface area contributed by atoms with Crippen molar-refractivity contribution in [2.75, 3.05) is 5.73 Å². The minimum absolute atomic E-state index is 0.0250. The van der Waals surface area contributed by atoms with Crippen molar-refractivity contribution in [1.29, 1.82) is 0 Å². The Bertz CT molecular complexity index is 1150. The molecule has 4 rings (SSSR count). The molecule has 0 radical (unpaired) electrons. The Morgan fingerprint density at radius 1 is 1.07 bits per heavy atom. The number of nitrogens with two attached hydrogens (primary N) is 2. The second-order valence-corrected chi connectivity index (χ2v) is 6.10. The van der Waals surface area contributed by atoms with Gasteiger partial charge in [0.15, 0.2) is 11.5 Å². The lowest BCUT2D eigenvalue weighted by molar-refractivity contribution is 0.282. The fraction of sp³-hybridized carbons (Fsp3) is 0.136. The van der Waals surface area contributed by atoms with E-state index in [2.05, 4.69) is 16.5 Å². The molecule has 0 aliphatic rings. The smallest absolute Gasteiger partial charge is 0.165 e. The Balaban J connectivity index is 0.00000117. The number of hydrogen-bond donors (Lipinski definition) is 3. The minimum Gasteiger partial charge on any atom is -0.397 e. The first-order valence-corrected chi connectivity index (χ1v) is 9.34. The predicted molar refractivity (Wildman–Crippen MR) is 117 cm³/mol. The third-order valence-corrected chi connectivity index (χ3v) is 4.29. The highest BCUT2D eigenvalue weighted by Gasteiger charge is 2.18. The van der Waals surface area contributed by atoms with Crippen molar-refractivity contribution in [2.45, 2.75) is 20.5 Å². The molecule has 29 heavy (non-hydrogen) atoms. The monoisotopic (exact) mass is 388 g/mol. The molecule has 4 aromatic rings. The standard InChI is InChI=1S/C20H18N6O.C2H6/c1-12(21)16-8-9-17-20(24-16)26(14-6-4-13(11-27)5-7-14)19(25-17)15-3-2-10-23-18(15)22;1-2/h2-10,27H,1,11,21H2,(H2,22,23);1-2H3. The molecule has 3 aromatic heterocycles. The third kappa shape index (κ3) is 3.81. The average Bonchev–Trinajstić information content (AvgIpc) is 3.14. The molecule has 0 unspecified atom stereocenters. The van der Waals surface area contributed by atoms with E-state index in [0.717, 1.165) is 11.3 Å². The summed E-state index contributed by atoms with van der Waals surface area (Å²) < 4.78 is 1.90. The first-order valence-electron chi connectivity index (χ1n) is 9.34. The molecule has 1 aromatic carbocycles. The van der Waals surface area contributed by atoms with Crippen molar-refractivity contribution in [3.05, 3.63) is 72.6 Å². The van der Waals surface area contributed by atoms with Crippen LogP contribution in [0, 0.1) is 0 Å². The van der Waals surface area contributed by atoms with E-state index >= 15 is 0 Å². The van der Waals surface area contributed by atoms with E-state index in [4.69, 9.17) is 16.5 Å². The van der Waals surface area contributed by atoms with Crippen molar-refractivity contribution in [2.24, 2.45) is 5.73 Å². The van der Waals surface area contributed by atoms with Gasteiger partial charge < -0.3 is 16.6 Å². The van der Waals surface area contributed by atoms with Crippen LogP contribution >= 0.6 is 0 Å². The van der Waals surface area contributed by atoms with Crippen LogP contribution in [0.5, 0.6) is 0 Å². The van der Waals surface area contributed by atoms with Crippen molar-refractivity contribution >= 4 is 22.7 Å². The lowest BCUT2D eigenvalue weighted by atomic mass is 10.2. The van der Waals surface area contributed by atoms with Gasteiger partial charge in [-0.05, 0) is 42.0 Å². The molecule has 148 valence electrons. The van der Waals surface area contributed by atoms with Crippen LogP contribution in [0.15, 0.2) is 61.3 Å². The lowest BCUT2D eigenvalue weighted by Crippen LogP contribution is -2.03. The number of fused-ring (bicyclic) bond motifs is 1. The fourth-order valence-corrected chi connectivity index (χ4v) is 2.92. The van der Waals surface area contributed by atoms with Gasteiger partial charge in [-0.25, -0.2) is 15.0 Å². The Morgan fingerprint density at radius 3 is 2.41 bits per heavy atom. The zero-order chi connectivity index (χ0) is 21.0. The molecule has 0 aliphatic heterocycles. The summed E-state index contributed by atoms with van der Waals surface area (Å²) >= 11 is 0. The molecular formula is C22H24N6O. The molecule has 0 saturated heterocycles. The Morgan fingerprint density at radius 2 is 1.79 bits per heavy atom. The Kier molecular flexibility index (Phi) is 5.90. The van der Waals surface area contributed by atoms with Crippen LogP contribution in [0.4, 0.5) is 5.82 Å². The maximum atomic E-state index is 9.32. The second-order valence-electron chi connectivity index (χ2n) is 6.10. The van der Waals surface area contributed by atoms with Gasteiger partial charge in [-0.15, -0.1) is 0 Å². The fourth-order valence-electron chi connectivity index (χ4n) is 2.92. The van der Waals surface area contributed by atoms with E-state index in [1.807, 2.05) is 60.9 Å². The van der Waals surface area contributed by atoms with Gasteiger partial charge in [0, 0.05) is 11.9 Å². The number of rotatable bonds is 4. The van der Waals surface area contributed by atoms with Crippen LogP contribution in [-0.4, -0.2) is 24.6 Å². The largest absolute Gasteiger partial charge is 0.397 e. The number of aromatic nitrogens is 4. The van der Waals surface area contributed by atoms with E-state index in [9.17, 15) is 5.11 Å². The zero-order valence-electron chi connectivity index (χ0n) is 16.5. The highest BCUT2D eigenvalue weighted by Crippen LogP contribution is 2.30. The van der Waals surface area contributed by atoms with Gasteiger partial charge in [-0.1, -0.05) is 32.6 Å². The highest BCUT2D eigenvalue weighted by atomic mass is 16.3. The van der Waals surface area contributed by atoms with Gasteiger partial charge in [-0.2, -0.15) is 0 Å². The summed E-state index contributed by atoms with van der Waals surface area (Å²) in [7, 11) is 0. The number of aliphatic hydroxyl groups is 1. The van der Waals surface area contributed by atoms with Gasteiger partial charge in [0.05, 0.1) is 23.6 Å². The zero-order valence-corrected chi connectivity index (χ0v) is 16.5. The maximum Gasteiger partial charge on any atom is 0.165 e. The quantitative estimate of drug-likeness (QED) is 0.493. The summed E-state index contributed by atoms with van der Waals surface area (Å²) in [6, 6.07) is 14.8. The second kappa shape index (κ2) is 8.53. The predicted octanol–water partition coefficient (Wildman–Crippen LogP) is 3.51. The van der Waals surface area contributed by atoms with Gasteiger partial charge in [0.25, 0.3) is 0 Å². The van der Waals surface area contributed by atoms with Crippen LogP contribution in [0.25, 0.3) is 33.9 Å². The number of anilines is 1. The van der Waals surface area contributed by atoms with E-state index in [1.165, 1.54) is 0 Å². The molecule has 0 amide bonds. The molecule has 0 fully saturated rings. The first kappa shape index (κ1) is 20.0. The summed E-state index contributed by atoms with van der Waals surface area (Å²) in [6.45, 7) is 7.74. The van der Waals surface area contributed by atoms with Crippen molar-refractivity contribution < 1.29 is 5.11 Å². The molecule has 0 atom stereocenters. The third-order valence-electron chi connectivity index (χ3n) is 4.29. The summed E-state index contributed by atoms with van der Waals surface area (Å²) in [5.74, 6) is 1.00. The average molecular weight is 388 g/mol. The highest BCUT2D eigenvalue weighted by molar-refractivity contribution is 5.83. The molecule has 7 nitrogen and oxygen atoms in total. The van der Waals surface area contributed by atoms with Crippen LogP contribution in [0.3, 0.4) is 0 Å². The van der Waals surface area contributed by atoms with Gasteiger partial charge in [0.1, 0.15) is 11.3 Å². The number of imidazole rings is 1. The summed E-state index contributed by atoms with van der Waals surface area (Å²) in [5, 5.41) is 9.32. The van der Waals surface area contributed by atoms with E-state index < -0.39 is 0 Å². The summed E-state index contributed by atoms with van der Waals surface area (Å²) in [5.41, 5.74) is 16.6. The molecular weight excluding hydrogens is 364 g/mol. The SMILES string of the molecule is C=C(N)c1ccc2nc(-c3cccnc3N)n(-c3ccc(CO)cc3)c2n1.CC. The van der Waals surface area contributed by atoms with E-state index in [1.54, 1.807) is 12.3 Å². The molecule has 5 N–H and O–H groups in total. The number of hydrogen-bond acceptors (Lipinski definition) is 6. The maximum absolute atomic E-state index is 9.32. The topological polar surface area (TPSA) is 116 Å². The molecule has 3 heterocycles.